The van der Waals surface area contributed by atoms with Gasteiger partial charge in [0.25, 0.3) is 5.69 Å². The maximum atomic E-state index is 12.9. The summed E-state index contributed by atoms with van der Waals surface area (Å²) >= 11 is 0. The molecule has 2 aromatic carbocycles. The lowest BCUT2D eigenvalue weighted by molar-refractivity contribution is -0.384. The number of ether oxygens (including phenoxy) is 1. The van der Waals surface area contributed by atoms with Crippen molar-refractivity contribution in [3.63, 3.8) is 0 Å². The van der Waals surface area contributed by atoms with Gasteiger partial charge >= 0.3 is 5.97 Å². The van der Waals surface area contributed by atoms with Gasteiger partial charge in [0.05, 0.1) is 22.8 Å². The summed E-state index contributed by atoms with van der Waals surface area (Å²) in [5.74, 6) is -0.632. The molecular formula is C28H26N2O4. The van der Waals surface area contributed by atoms with Crippen LogP contribution < -0.4 is 0 Å². The highest BCUT2D eigenvalue weighted by atomic mass is 16.6. The molecule has 172 valence electrons. The number of fused-ring (bicyclic) bond motifs is 1. The Hall–Kier alpha value is -4.06. The lowest BCUT2D eigenvalue weighted by Gasteiger charge is -2.25. The van der Waals surface area contributed by atoms with Crippen molar-refractivity contribution in [1.82, 2.24) is 0 Å². The van der Waals surface area contributed by atoms with E-state index in [1.165, 1.54) is 12.1 Å². The lowest BCUT2D eigenvalue weighted by Crippen LogP contribution is -2.24. The average Bonchev–Trinajstić information content (AvgIpc) is 3.12. The van der Waals surface area contributed by atoms with Crippen LogP contribution in [0, 0.1) is 16.0 Å². The maximum absolute atomic E-state index is 12.9. The monoisotopic (exact) mass is 454 g/mol. The maximum Gasteiger partial charge on any atom is 0.336 e. The zero-order chi connectivity index (χ0) is 24.2. The number of esters is 1. The van der Waals surface area contributed by atoms with E-state index in [0.29, 0.717) is 24.3 Å². The van der Waals surface area contributed by atoms with Crippen molar-refractivity contribution in [2.24, 2.45) is 10.9 Å². The Kier molecular flexibility index (Phi) is 6.68. The molecule has 0 spiro atoms. The molecule has 34 heavy (non-hydrogen) atoms. The predicted octanol–water partition coefficient (Wildman–Crippen LogP) is 6.02. The molecule has 0 fully saturated rings. The fourth-order valence-corrected chi connectivity index (χ4v) is 4.40. The van der Waals surface area contributed by atoms with Crippen LogP contribution in [-0.2, 0) is 16.0 Å². The van der Waals surface area contributed by atoms with Crippen LogP contribution in [0.2, 0.25) is 0 Å². The van der Waals surface area contributed by atoms with E-state index in [1.807, 2.05) is 56.3 Å². The first-order valence-electron chi connectivity index (χ1n) is 11.2. The summed E-state index contributed by atoms with van der Waals surface area (Å²) in [7, 11) is 0. The molecule has 1 unspecified atom stereocenters. The number of hydrogen-bond donors (Lipinski definition) is 0. The second-order valence-corrected chi connectivity index (χ2v) is 8.27. The van der Waals surface area contributed by atoms with Crippen molar-refractivity contribution < 1.29 is 14.5 Å². The first-order chi connectivity index (χ1) is 16.4. The quantitative estimate of drug-likeness (QED) is 0.291. The Morgan fingerprint density at radius 2 is 1.82 bits per heavy atom. The van der Waals surface area contributed by atoms with Crippen LogP contribution in [0.15, 0.2) is 99.7 Å². The van der Waals surface area contributed by atoms with E-state index < -0.39 is 4.92 Å². The van der Waals surface area contributed by atoms with Gasteiger partial charge in [0, 0.05) is 23.7 Å². The van der Waals surface area contributed by atoms with Gasteiger partial charge in [-0.3, -0.25) is 15.1 Å². The number of allylic oxidation sites excluding steroid dienone is 6. The molecule has 1 aliphatic carbocycles. The van der Waals surface area contributed by atoms with Gasteiger partial charge in [-0.25, -0.2) is 4.79 Å². The van der Waals surface area contributed by atoms with E-state index in [2.05, 4.69) is 6.08 Å². The number of hydrogen-bond acceptors (Lipinski definition) is 5. The zero-order valence-corrected chi connectivity index (χ0v) is 19.4. The van der Waals surface area contributed by atoms with E-state index >= 15 is 0 Å². The minimum Gasteiger partial charge on any atom is -0.463 e. The highest BCUT2D eigenvalue weighted by molar-refractivity contribution is 6.16. The molecular weight excluding hydrogens is 428 g/mol. The van der Waals surface area contributed by atoms with Gasteiger partial charge in [0.1, 0.15) is 0 Å². The smallest absolute Gasteiger partial charge is 0.336 e. The molecule has 2 aromatic rings. The second kappa shape index (κ2) is 9.83. The molecule has 0 saturated heterocycles. The fraction of sp³-hybridized carbons (Fsp3) is 0.214. The number of non-ortho nitro benzene ring substituents is 1. The summed E-state index contributed by atoms with van der Waals surface area (Å²) in [5.41, 5.74) is 7.29. The number of nitrogens with zero attached hydrogens (tertiary/aromatic N) is 2. The molecule has 0 amide bonds. The lowest BCUT2D eigenvalue weighted by atomic mass is 9.83. The van der Waals surface area contributed by atoms with E-state index in [9.17, 15) is 14.9 Å². The number of nitro benzene ring substituents is 1. The first kappa shape index (κ1) is 23.1. The molecule has 0 radical (unpaired) electrons. The second-order valence-electron chi connectivity index (χ2n) is 8.27. The summed E-state index contributed by atoms with van der Waals surface area (Å²) < 4.78 is 5.38. The molecule has 4 rings (SSSR count). The summed E-state index contributed by atoms with van der Waals surface area (Å²) in [4.78, 5) is 28.2. The Morgan fingerprint density at radius 1 is 1.12 bits per heavy atom. The summed E-state index contributed by atoms with van der Waals surface area (Å²) in [6, 6.07) is 16.6. The molecule has 1 atom stereocenters. The average molecular weight is 455 g/mol. The minimum atomic E-state index is -0.399. The molecule has 0 N–H and O–H groups in total. The summed E-state index contributed by atoms with van der Waals surface area (Å²) in [6.07, 6.45) is 6.74. The van der Waals surface area contributed by atoms with Crippen LogP contribution in [0.4, 0.5) is 5.69 Å². The third-order valence-electron chi connectivity index (χ3n) is 6.09. The van der Waals surface area contributed by atoms with Crippen molar-refractivity contribution >= 4 is 23.4 Å². The Bertz CT molecular complexity index is 1280. The normalized spacial score (nSPS) is 17.6. The van der Waals surface area contributed by atoms with Crippen LogP contribution in [-0.4, -0.2) is 23.2 Å². The Labute approximate surface area is 198 Å². The number of carbonyl (C=O) groups excluding carboxylic acids is 1. The van der Waals surface area contributed by atoms with Gasteiger partial charge in [-0.05, 0) is 61.1 Å². The third kappa shape index (κ3) is 4.66. The van der Waals surface area contributed by atoms with Gasteiger partial charge in [-0.15, -0.1) is 0 Å². The van der Waals surface area contributed by atoms with Gasteiger partial charge in [0.15, 0.2) is 0 Å². The highest BCUT2D eigenvalue weighted by Crippen LogP contribution is 2.40. The number of aliphatic imine (C=N–C) groups is 1. The summed E-state index contributed by atoms with van der Waals surface area (Å²) in [6.45, 7) is 5.98. The van der Waals surface area contributed by atoms with Crippen molar-refractivity contribution in [3.8, 4) is 0 Å². The van der Waals surface area contributed by atoms with Crippen molar-refractivity contribution in [2.75, 3.05) is 6.61 Å². The molecule has 6 heteroatoms. The molecule has 1 aliphatic heterocycles. The van der Waals surface area contributed by atoms with E-state index in [1.54, 1.807) is 19.1 Å². The SMILES string of the molecule is CCOC(=O)C1=C(C)N=C2C=C(Cc3ccc([N+](=O)[O-])cc3)C(C)=C2C1C=Cc1ccccc1. The molecule has 0 saturated carbocycles. The van der Waals surface area contributed by atoms with Crippen LogP contribution >= 0.6 is 0 Å². The van der Waals surface area contributed by atoms with Crippen LogP contribution in [0.5, 0.6) is 0 Å². The molecule has 0 bridgehead atoms. The standard InChI is InChI=1S/C28H26N2O4/c1-4-34-28(31)27-19(3)29-25-17-22(16-21-10-13-23(14-11-21)30(32)33)18(2)26(25)24(27)15-12-20-8-6-5-7-9-20/h5-15,17,24H,4,16H2,1-3H3. The van der Waals surface area contributed by atoms with Crippen LogP contribution in [0.25, 0.3) is 6.08 Å². The van der Waals surface area contributed by atoms with Gasteiger partial charge < -0.3 is 4.74 Å². The van der Waals surface area contributed by atoms with Gasteiger partial charge in [-0.1, -0.05) is 54.6 Å². The Balaban J connectivity index is 1.71. The van der Waals surface area contributed by atoms with Crippen molar-refractivity contribution in [2.45, 2.75) is 27.2 Å². The molecule has 2 aliphatic rings. The van der Waals surface area contributed by atoms with E-state index in [4.69, 9.17) is 9.73 Å². The molecule has 1 heterocycles. The zero-order valence-electron chi connectivity index (χ0n) is 19.4. The van der Waals surface area contributed by atoms with E-state index in [-0.39, 0.29) is 17.6 Å². The third-order valence-corrected chi connectivity index (χ3v) is 6.09. The van der Waals surface area contributed by atoms with Gasteiger partial charge in [-0.2, -0.15) is 0 Å². The number of rotatable bonds is 7. The van der Waals surface area contributed by atoms with Crippen LogP contribution in [0.1, 0.15) is 31.9 Å². The molecule has 0 aromatic heterocycles. The molecule has 6 nitrogen and oxygen atoms in total. The van der Waals surface area contributed by atoms with Crippen molar-refractivity contribution in [1.29, 1.82) is 0 Å². The number of nitro groups is 1. The van der Waals surface area contributed by atoms with Crippen molar-refractivity contribution in [3.05, 3.63) is 116 Å². The highest BCUT2D eigenvalue weighted by Gasteiger charge is 2.35. The van der Waals surface area contributed by atoms with Gasteiger partial charge in [0.2, 0.25) is 0 Å². The van der Waals surface area contributed by atoms with E-state index in [0.717, 1.165) is 33.6 Å². The predicted molar refractivity (Wildman–Crippen MR) is 133 cm³/mol. The largest absolute Gasteiger partial charge is 0.463 e. The first-order valence-corrected chi connectivity index (χ1v) is 11.2. The summed E-state index contributed by atoms with van der Waals surface area (Å²) in [5, 5.41) is 11.0. The number of benzene rings is 2. The minimum absolute atomic E-state index is 0.0716. The fourth-order valence-electron chi connectivity index (χ4n) is 4.40. The van der Waals surface area contributed by atoms with Crippen LogP contribution in [0.3, 0.4) is 0 Å². The topological polar surface area (TPSA) is 81.8 Å². The number of carbonyl (C=O) groups is 1. The Morgan fingerprint density at radius 3 is 2.47 bits per heavy atom.